The highest BCUT2D eigenvalue weighted by atomic mass is 79.9. The monoisotopic (exact) mass is 388 g/mol. The van der Waals surface area contributed by atoms with Gasteiger partial charge in [0.15, 0.2) is 14.6 Å². The fourth-order valence-corrected chi connectivity index (χ4v) is 4.37. The SMILES string of the molecule is CC(NC(=O)C1(S(C)(=O)=O)CCNCC1)c1ccc(Br)cc1. The Morgan fingerprint density at radius 2 is 1.82 bits per heavy atom. The van der Waals surface area contributed by atoms with Crippen LogP contribution in [0.5, 0.6) is 0 Å². The predicted octanol–water partition coefficient (Wildman–Crippen LogP) is 1.79. The Kier molecular flexibility index (Phi) is 5.29. The van der Waals surface area contributed by atoms with Crippen LogP contribution >= 0.6 is 15.9 Å². The quantitative estimate of drug-likeness (QED) is 0.824. The lowest BCUT2D eigenvalue weighted by atomic mass is 9.95. The maximum atomic E-state index is 12.7. The van der Waals surface area contributed by atoms with Gasteiger partial charge in [-0.1, -0.05) is 28.1 Å². The maximum absolute atomic E-state index is 12.7. The van der Waals surface area contributed by atoms with Crippen molar-refractivity contribution in [2.24, 2.45) is 0 Å². The van der Waals surface area contributed by atoms with E-state index in [0.29, 0.717) is 25.9 Å². The Morgan fingerprint density at radius 3 is 2.32 bits per heavy atom. The Balaban J connectivity index is 2.20. The molecule has 1 aromatic rings. The van der Waals surface area contributed by atoms with Gasteiger partial charge >= 0.3 is 0 Å². The molecule has 22 heavy (non-hydrogen) atoms. The van der Waals surface area contributed by atoms with Crippen molar-refractivity contribution in [1.29, 1.82) is 0 Å². The van der Waals surface area contributed by atoms with Crippen LogP contribution in [0, 0.1) is 0 Å². The predicted molar refractivity (Wildman–Crippen MR) is 90.4 cm³/mol. The fraction of sp³-hybridized carbons (Fsp3) is 0.533. The molecule has 1 fully saturated rings. The molecule has 1 atom stereocenters. The molecule has 1 heterocycles. The first-order valence-electron chi connectivity index (χ1n) is 7.23. The van der Waals surface area contributed by atoms with E-state index in [-0.39, 0.29) is 6.04 Å². The number of amides is 1. The number of rotatable bonds is 4. The highest BCUT2D eigenvalue weighted by Gasteiger charge is 2.48. The van der Waals surface area contributed by atoms with E-state index < -0.39 is 20.5 Å². The Hall–Kier alpha value is -0.920. The Labute approximate surface area is 139 Å². The van der Waals surface area contributed by atoms with Gasteiger partial charge in [-0.2, -0.15) is 0 Å². The van der Waals surface area contributed by atoms with Gasteiger partial charge in [0, 0.05) is 10.7 Å². The van der Waals surface area contributed by atoms with Gasteiger partial charge in [0.05, 0.1) is 6.04 Å². The van der Waals surface area contributed by atoms with Crippen LogP contribution < -0.4 is 10.6 Å². The summed E-state index contributed by atoms with van der Waals surface area (Å²) in [7, 11) is -3.48. The van der Waals surface area contributed by atoms with Crippen LogP contribution in [-0.4, -0.2) is 38.4 Å². The second-order valence-corrected chi connectivity index (χ2v) is 9.00. The smallest absolute Gasteiger partial charge is 0.242 e. The number of hydrogen-bond acceptors (Lipinski definition) is 4. The van der Waals surface area contributed by atoms with Crippen molar-refractivity contribution in [2.45, 2.75) is 30.6 Å². The first-order chi connectivity index (χ1) is 10.3. The highest BCUT2D eigenvalue weighted by Crippen LogP contribution is 2.29. The van der Waals surface area contributed by atoms with E-state index in [4.69, 9.17) is 0 Å². The summed E-state index contributed by atoms with van der Waals surface area (Å²) in [6.45, 7) is 2.93. The molecule has 1 aliphatic rings. The molecule has 122 valence electrons. The van der Waals surface area contributed by atoms with Gasteiger partial charge < -0.3 is 10.6 Å². The van der Waals surface area contributed by atoms with Crippen molar-refractivity contribution in [3.05, 3.63) is 34.3 Å². The first kappa shape index (κ1) is 17.4. The minimum Gasteiger partial charge on any atom is -0.348 e. The fourth-order valence-electron chi connectivity index (χ4n) is 2.76. The molecule has 0 aliphatic carbocycles. The number of sulfone groups is 1. The molecule has 7 heteroatoms. The minimum absolute atomic E-state index is 0.242. The van der Waals surface area contributed by atoms with E-state index in [2.05, 4.69) is 26.6 Å². The van der Waals surface area contributed by atoms with Crippen LogP contribution in [0.2, 0.25) is 0 Å². The van der Waals surface area contributed by atoms with E-state index in [0.717, 1.165) is 16.3 Å². The molecular formula is C15H21BrN2O3S. The molecule has 1 saturated heterocycles. The van der Waals surface area contributed by atoms with Gasteiger partial charge in [-0.05, 0) is 50.6 Å². The van der Waals surface area contributed by atoms with Gasteiger partial charge in [-0.25, -0.2) is 8.42 Å². The van der Waals surface area contributed by atoms with Crippen molar-refractivity contribution in [1.82, 2.24) is 10.6 Å². The molecule has 0 radical (unpaired) electrons. The maximum Gasteiger partial charge on any atom is 0.242 e. The van der Waals surface area contributed by atoms with Crippen molar-refractivity contribution in [2.75, 3.05) is 19.3 Å². The van der Waals surface area contributed by atoms with E-state index in [9.17, 15) is 13.2 Å². The summed E-state index contributed by atoms with van der Waals surface area (Å²) in [6, 6.07) is 7.37. The normalized spacial score (nSPS) is 19.4. The third-order valence-corrected chi connectivity index (χ3v) is 6.79. The molecule has 1 unspecified atom stereocenters. The van der Waals surface area contributed by atoms with E-state index in [1.54, 1.807) is 0 Å². The Bertz CT molecular complexity index is 637. The summed E-state index contributed by atoms with van der Waals surface area (Å²) in [5.74, 6) is -0.396. The minimum atomic E-state index is -3.48. The Morgan fingerprint density at radius 1 is 1.27 bits per heavy atom. The van der Waals surface area contributed by atoms with E-state index in [1.165, 1.54) is 0 Å². The third-order valence-electron chi connectivity index (χ3n) is 4.25. The van der Waals surface area contributed by atoms with Crippen molar-refractivity contribution in [3.63, 3.8) is 0 Å². The first-order valence-corrected chi connectivity index (χ1v) is 9.91. The second-order valence-electron chi connectivity index (χ2n) is 5.76. The molecule has 0 bridgehead atoms. The van der Waals surface area contributed by atoms with Crippen LogP contribution in [0.15, 0.2) is 28.7 Å². The van der Waals surface area contributed by atoms with Crippen LogP contribution in [0.25, 0.3) is 0 Å². The molecule has 0 aromatic heterocycles. The van der Waals surface area contributed by atoms with Crippen LogP contribution in [0.3, 0.4) is 0 Å². The zero-order chi connectivity index (χ0) is 16.4. The lowest BCUT2D eigenvalue weighted by Gasteiger charge is -2.35. The molecule has 1 aromatic carbocycles. The summed E-state index contributed by atoms with van der Waals surface area (Å²) in [4.78, 5) is 12.7. The highest BCUT2D eigenvalue weighted by molar-refractivity contribution is 9.10. The van der Waals surface area contributed by atoms with E-state index in [1.807, 2.05) is 31.2 Å². The van der Waals surface area contributed by atoms with Crippen molar-refractivity contribution in [3.8, 4) is 0 Å². The number of halogens is 1. The largest absolute Gasteiger partial charge is 0.348 e. The van der Waals surface area contributed by atoms with Crippen molar-refractivity contribution >= 4 is 31.7 Å². The van der Waals surface area contributed by atoms with Gasteiger partial charge in [0.25, 0.3) is 0 Å². The average Bonchev–Trinajstić information content (AvgIpc) is 2.47. The molecule has 1 aliphatic heterocycles. The summed E-state index contributed by atoms with van der Waals surface area (Å²) >= 11 is 3.37. The van der Waals surface area contributed by atoms with Crippen molar-refractivity contribution < 1.29 is 13.2 Å². The molecule has 1 amide bonds. The topological polar surface area (TPSA) is 75.3 Å². The van der Waals surface area contributed by atoms with Gasteiger partial charge in [0.1, 0.15) is 0 Å². The number of carbonyl (C=O) groups is 1. The molecule has 2 rings (SSSR count). The number of carbonyl (C=O) groups excluding carboxylic acids is 1. The summed E-state index contributed by atoms with van der Waals surface area (Å²) in [5, 5.41) is 5.98. The molecule has 5 nitrogen and oxygen atoms in total. The van der Waals surface area contributed by atoms with Crippen LogP contribution in [0.4, 0.5) is 0 Å². The van der Waals surface area contributed by atoms with Gasteiger partial charge in [0.2, 0.25) is 5.91 Å². The summed E-state index contributed by atoms with van der Waals surface area (Å²) in [6.07, 6.45) is 1.78. The number of nitrogens with one attached hydrogen (secondary N) is 2. The lowest BCUT2D eigenvalue weighted by Crippen LogP contribution is -2.57. The lowest BCUT2D eigenvalue weighted by molar-refractivity contribution is -0.125. The van der Waals surface area contributed by atoms with E-state index >= 15 is 0 Å². The number of piperidine rings is 1. The summed E-state index contributed by atoms with van der Waals surface area (Å²) in [5.41, 5.74) is 0.939. The van der Waals surface area contributed by atoms with Gasteiger partial charge in [-0.15, -0.1) is 0 Å². The molecule has 2 N–H and O–H groups in total. The summed E-state index contributed by atoms with van der Waals surface area (Å²) < 4.78 is 24.1. The third kappa shape index (κ3) is 3.52. The van der Waals surface area contributed by atoms with Crippen LogP contribution in [-0.2, 0) is 14.6 Å². The number of benzene rings is 1. The van der Waals surface area contributed by atoms with Gasteiger partial charge in [-0.3, -0.25) is 4.79 Å². The standard InChI is InChI=1S/C15H21BrN2O3S/c1-11(12-3-5-13(16)6-4-12)18-14(19)15(22(2,20)21)7-9-17-10-8-15/h3-6,11,17H,7-10H2,1-2H3,(H,18,19). The average molecular weight is 389 g/mol. The molecule has 0 saturated carbocycles. The molecule has 0 spiro atoms. The second kappa shape index (κ2) is 6.68. The van der Waals surface area contributed by atoms with Crippen LogP contribution in [0.1, 0.15) is 31.4 Å². The number of hydrogen-bond donors (Lipinski definition) is 2. The zero-order valence-corrected chi connectivity index (χ0v) is 15.1. The zero-order valence-electron chi connectivity index (χ0n) is 12.7. The molecular weight excluding hydrogens is 368 g/mol.